The molecule has 4 heteroatoms. The van der Waals surface area contributed by atoms with E-state index in [1.807, 2.05) is 19.1 Å². The van der Waals surface area contributed by atoms with Crippen molar-refractivity contribution in [1.82, 2.24) is 10.3 Å². The van der Waals surface area contributed by atoms with Crippen LogP contribution >= 0.6 is 22.9 Å². The van der Waals surface area contributed by atoms with Gasteiger partial charge in [-0.15, -0.1) is 11.3 Å². The molecule has 1 aromatic heterocycles. The Morgan fingerprint density at radius 2 is 2.00 bits per heavy atom. The van der Waals surface area contributed by atoms with Gasteiger partial charge in [-0.2, -0.15) is 0 Å². The molecular weight excluding hydrogens is 300 g/mol. The molecule has 0 fully saturated rings. The molecule has 1 heterocycles. The molecule has 21 heavy (non-hydrogen) atoms. The molecule has 0 aliphatic rings. The first kappa shape index (κ1) is 16.5. The lowest BCUT2D eigenvalue weighted by atomic mass is 9.94. The molecule has 0 saturated heterocycles. The van der Waals surface area contributed by atoms with Gasteiger partial charge in [0.05, 0.1) is 5.01 Å². The van der Waals surface area contributed by atoms with E-state index in [1.165, 1.54) is 10.6 Å². The van der Waals surface area contributed by atoms with Crippen molar-refractivity contribution >= 4 is 22.9 Å². The number of nitrogens with zero attached hydrogens (tertiary/aromatic N) is 1. The minimum absolute atomic E-state index is 0.0955. The Bertz CT molecular complexity index is 586. The van der Waals surface area contributed by atoms with E-state index in [2.05, 4.69) is 48.6 Å². The average Bonchev–Trinajstić information content (AvgIpc) is 2.80. The van der Waals surface area contributed by atoms with E-state index in [9.17, 15) is 0 Å². The summed E-state index contributed by atoms with van der Waals surface area (Å²) in [6, 6.07) is 8.12. The zero-order valence-corrected chi connectivity index (χ0v) is 14.7. The number of aryl methyl sites for hydroxylation is 1. The zero-order chi connectivity index (χ0) is 15.5. The third-order valence-electron chi connectivity index (χ3n) is 3.31. The number of hydrogen-bond acceptors (Lipinski definition) is 3. The topological polar surface area (TPSA) is 24.9 Å². The molecule has 0 radical (unpaired) electrons. The summed E-state index contributed by atoms with van der Waals surface area (Å²) in [5.41, 5.74) is 2.39. The first-order valence-corrected chi connectivity index (χ1v) is 8.51. The largest absolute Gasteiger partial charge is 0.311 e. The predicted molar refractivity (Wildman–Crippen MR) is 92.5 cm³/mol. The van der Waals surface area contributed by atoms with E-state index in [0.29, 0.717) is 5.92 Å². The lowest BCUT2D eigenvalue weighted by Gasteiger charge is -2.25. The molecule has 2 nitrogen and oxygen atoms in total. The van der Waals surface area contributed by atoms with Gasteiger partial charge in [0, 0.05) is 40.5 Å². The Balaban J connectivity index is 2.19. The monoisotopic (exact) mass is 322 g/mol. The average molecular weight is 323 g/mol. The van der Waals surface area contributed by atoms with Crippen LogP contribution in [0.3, 0.4) is 0 Å². The van der Waals surface area contributed by atoms with Gasteiger partial charge in [-0.1, -0.05) is 29.8 Å². The summed E-state index contributed by atoms with van der Waals surface area (Å²) < 4.78 is 0. The van der Waals surface area contributed by atoms with Gasteiger partial charge in [0.15, 0.2) is 0 Å². The summed E-state index contributed by atoms with van der Waals surface area (Å²) in [6.45, 7) is 9.49. The van der Waals surface area contributed by atoms with Gasteiger partial charge < -0.3 is 5.32 Å². The van der Waals surface area contributed by atoms with Gasteiger partial charge in [0.1, 0.15) is 0 Å². The molecule has 0 aliphatic carbocycles. The fourth-order valence-corrected chi connectivity index (χ4v) is 3.38. The molecule has 0 saturated carbocycles. The number of aromatic nitrogens is 1. The molecule has 1 atom stereocenters. The quantitative estimate of drug-likeness (QED) is 0.853. The van der Waals surface area contributed by atoms with Crippen LogP contribution in [0.2, 0.25) is 5.02 Å². The van der Waals surface area contributed by atoms with Crippen molar-refractivity contribution in [3.05, 3.63) is 50.9 Å². The molecule has 2 rings (SSSR count). The van der Waals surface area contributed by atoms with Crippen LogP contribution in [0.5, 0.6) is 0 Å². The fourth-order valence-electron chi connectivity index (χ4n) is 2.23. The Kier molecular flexibility index (Phi) is 5.42. The van der Waals surface area contributed by atoms with Crippen molar-refractivity contribution in [2.24, 2.45) is 0 Å². The van der Waals surface area contributed by atoms with Crippen molar-refractivity contribution in [2.45, 2.75) is 45.6 Å². The second kappa shape index (κ2) is 6.91. The SMILES string of the molecule is Cc1csc(CC(CNC(C)(C)C)c2ccccc2Cl)n1. The number of hydrogen-bond donors (Lipinski definition) is 1. The Labute approximate surface area is 136 Å². The van der Waals surface area contributed by atoms with Crippen LogP contribution in [0.4, 0.5) is 0 Å². The molecule has 2 aromatic rings. The highest BCUT2D eigenvalue weighted by Crippen LogP contribution is 2.28. The molecule has 0 aliphatic heterocycles. The summed E-state index contributed by atoms with van der Waals surface area (Å²) in [4.78, 5) is 4.60. The van der Waals surface area contributed by atoms with Gasteiger partial charge in [-0.05, 0) is 39.3 Å². The minimum Gasteiger partial charge on any atom is -0.311 e. The molecular formula is C17H23ClN2S. The molecule has 0 bridgehead atoms. The molecule has 1 unspecified atom stereocenters. The smallest absolute Gasteiger partial charge is 0.0934 e. The summed E-state index contributed by atoms with van der Waals surface area (Å²) in [6.07, 6.45) is 0.922. The number of rotatable bonds is 5. The maximum atomic E-state index is 6.40. The van der Waals surface area contributed by atoms with E-state index < -0.39 is 0 Å². The number of halogens is 1. The van der Waals surface area contributed by atoms with Gasteiger partial charge in [-0.25, -0.2) is 4.98 Å². The number of nitrogens with one attached hydrogen (secondary N) is 1. The van der Waals surface area contributed by atoms with Crippen LogP contribution in [0.15, 0.2) is 29.6 Å². The third-order valence-corrected chi connectivity index (χ3v) is 4.64. The van der Waals surface area contributed by atoms with E-state index >= 15 is 0 Å². The second-order valence-electron chi connectivity index (χ2n) is 6.44. The highest BCUT2D eigenvalue weighted by Gasteiger charge is 2.19. The number of thiazole rings is 1. The number of benzene rings is 1. The van der Waals surface area contributed by atoms with E-state index in [4.69, 9.17) is 11.6 Å². The van der Waals surface area contributed by atoms with E-state index in [1.54, 1.807) is 11.3 Å². The summed E-state index contributed by atoms with van der Waals surface area (Å²) in [7, 11) is 0. The molecule has 1 N–H and O–H groups in total. The highest BCUT2D eigenvalue weighted by molar-refractivity contribution is 7.09. The molecule has 114 valence electrons. The summed E-state index contributed by atoms with van der Waals surface area (Å²) >= 11 is 8.13. The zero-order valence-electron chi connectivity index (χ0n) is 13.1. The van der Waals surface area contributed by atoms with Crippen LogP contribution in [-0.2, 0) is 6.42 Å². The van der Waals surface area contributed by atoms with Crippen LogP contribution in [-0.4, -0.2) is 17.1 Å². The van der Waals surface area contributed by atoms with Crippen molar-refractivity contribution in [3.8, 4) is 0 Å². The Morgan fingerprint density at radius 3 is 2.57 bits per heavy atom. The van der Waals surface area contributed by atoms with Crippen LogP contribution in [0, 0.1) is 6.92 Å². The van der Waals surface area contributed by atoms with Crippen LogP contribution in [0.1, 0.15) is 43.0 Å². The van der Waals surface area contributed by atoms with Gasteiger partial charge in [0.2, 0.25) is 0 Å². The molecule has 0 amide bonds. The lowest BCUT2D eigenvalue weighted by Crippen LogP contribution is -2.39. The van der Waals surface area contributed by atoms with E-state index in [0.717, 1.165) is 23.7 Å². The Hall–Kier alpha value is -0.900. The first-order valence-electron chi connectivity index (χ1n) is 7.25. The summed E-state index contributed by atoms with van der Waals surface area (Å²) in [5.74, 6) is 0.337. The molecule has 1 aromatic carbocycles. The highest BCUT2D eigenvalue weighted by atomic mass is 35.5. The Morgan fingerprint density at radius 1 is 1.29 bits per heavy atom. The van der Waals surface area contributed by atoms with Crippen molar-refractivity contribution in [1.29, 1.82) is 0 Å². The van der Waals surface area contributed by atoms with E-state index in [-0.39, 0.29) is 5.54 Å². The molecule has 0 spiro atoms. The van der Waals surface area contributed by atoms with Gasteiger partial charge in [0.25, 0.3) is 0 Å². The fraction of sp³-hybridized carbons (Fsp3) is 0.471. The predicted octanol–water partition coefficient (Wildman–Crippen LogP) is 4.82. The third kappa shape index (κ3) is 5.10. The van der Waals surface area contributed by atoms with Gasteiger partial charge in [-0.3, -0.25) is 0 Å². The standard InChI is InChI=1S/C17H23ClN2S/c1-12-11-21-16(20-12)9-13(10-19-17(2,3)4)14-7-5-6-8-15(14)18/h5-8,11,13,19H,9-10H2,1-4H3. The van der Waals surface area contributed by atoms with Gasteiger partial charge >= 0.3 is 0 Å². The van der Waals surface area contributed by atoms with Crippen molar-refractivity contribution in [3.63, 3.8) is 0 Å². The first-order chi connectivity index (χ1) is 9.85. The van der Waals surface area contributed by atoms with Crippen molar-refractivity contribution < 1.29 is 0 Å². The maximum absolute atomic E-state index is 6.40. The minimum atomic E-state index is 0.0955. The summed E-state index contributed by atoms with van der Waals surface area (Å²) in [5, 5.41) is 7.71. The lowest BCUT2D eigenvalue weighted by molar-refractivity contribution is 0.405. The van der Waals surface area contributed by atoms with Crippen LogP contribution < -0.4 is 5.32 Å². The van der Waals surface area contributed by atoms with Crippen LogP contribution in [0.25, 0.3) is 0 Å². The van der Waals surface area contributed by atoms with Crippen molar-refractivity contribution in [2.75, 3.05) is 6.54 Å². The normalized spacial score (nSPS) is 13.4. The second-order valence-corrected chi connectivity index (χ2v) is 7.79. The maximum Gasteiger partial charge on any atom is 0.0934 e.